The molecule has 2 aliphatic rings. The van der Waals surface area contributed by atoms with Crippen molar-refractivity contribution in [2.75, 3.05) is 44.7 Å². The molecule has 0 aromatic heterocycles. The monoisotopic (exact) mass is 349 g/mol. The van der Waals surface area contributed by atoms with Crippen molar-refractivity contribution in [3.63, 3.8) is 0 Å². The number of halogens is 1. The fourth-order valence-corrected chi connectivity index (χ4v) is 3.81. The van der Waals surface area contributed by atoms with Crippen LogP contribution >= 0.6 is 24.2 Å². The number of carbonyl (C=O) groups excluding carboxylic acids is 2. The summed E-state index contributed by atoms with van der Waals surface area (Å²) < 4.78 is 0. The van der Waals surface area contributed by atoms with E-state index < -0.39 is 0 Å². The maximum Gasteiger partial charge on any atom is 0.232 e. The summed E-state index contributed by atoms with van der Waals surface area (Å²) in [6.45, 7) is 3.44. The van der Waals surface area contributed by atoms with Gasteiger partial charge < -0.3 is 15.1 Å². The second kappa shape index (κ2) is 10.3. The van der Waals surface area contributed by atoms with E-state index in [0.29, 0.717) is 17.5 Å². The lowest BCUT2D eigenvalue weighted by molar-refractivity contribution is -0.129. The Kier molecular flexibility index (Phi) is 9.21. The largest absolute Gasteiger partial charge is 0.342 e. The van der Waals surface area contributed by atoms with Crippen LogP contribution in [0.2, 0.25) is 0 Å². The van der Waals surface area contributed by atoms with Crippen LogP contribution in [-0.4, -0.2) is 72.4 Å². The molecule has 2 rings (SSSR count). The predicted molar refractivity (Wildman–Crippen MR) is 93.7 cm³/mol. The molecule has 0 aliphatic carbocycles. The SMILES string of the molecule is CNC1CCCN(C(=O)CSCC(=O)N2CCCCC2)C1.Cl. The average molecular weight is 350 g/mol. The molecule has 1 N–H and O–H groups in total. The van der Waals surface area contributed by atoms with E-state index in [1.54, 1.807) is 0 Å². The van der Waals surface area contributed by atoms with Gasteiger partial charge >= 0.3 is 0 Å². The van der Waals surface area contributed by atoms with Crippen LogP contribution in [0, 0.1) is 0 Å². The van der Waals surface area contributed by atoms with Crippen molar-refractivity contribution >= 4 is 36.0 Å². The zero-order valence-corrected chi connectivity index (χ0v) is 15.0. The Labute approximate surface area is 144 Å². The number of nitrogens with one attached hydrogen (secondary N) is 1. The summed E-state index contributed by atoms with van der Waals surface area (Å²) >= 11 is 1.46. The Morgan fingerprint density at radius 1 is 1.00 bits per heavy atom. The summed E-state index contributed by atoms with van der Waals surface area (Å²) in [6.07, 6.45) is 5.68. The molecule has 2 fully saturated rings. The minimum absolute atomic E-state index is 0. The minimum Gasteiger partial charge on any atom is -0.342 e. The standard InChI is InChI=1S/C15H27N3O2S.ClH/c1-16-13-6-5-9-18(10-13)15(20)12-21-11-14(19)17-7-3-2-4-8-17;/h13,16H,2-12H2,1H3;1H. The van der Waals surface area contributed by atoms with Crippen molar-refractivity contribution in [2.45, 2.75) is 38.1 Å². The van der Waals surface area contributed by atoms with Crippen molar-refractivity contribution in [1.29, 1.82) is 0 Å². The van der Waals surface area contributed by atoms with Crippen LogP contribution in [0.4, 0.5) is 0 Å². The lowest BCUT2D eigenvalue weighted by Crippen LogP contribution is -2.47. The third-order valence-electron chi connectivity index (χ3n) is 4.34. The van der Waals surface area contributed by atoms with Crippen LogP contribution in [0.25, 0.3) is 0 Å². The smallest absolute Gasteiger partial charge is 0.232 e. The lowest BCUT2D eigenvalue weighted by atomic mass is 10.1. The van der Waals surface area contributed by atoms with Gasteiger partial charge in [0.25, 0.3) is 0 Å². The molecule has 0 saturated carbocycles. The molecule has 0 bridgehead atoms. The molecule has 0 radical (unpaired) electrons. The summed E-state index contributed by atoms with van der Waals surface area (Å²) in [4.78, 5) is 28.1. The molecule has 1 atom stereocenters. The first-order valence-corrected chi connectivity index (χ1v) is 9.16. The van der Waals surface area contributed by atoms with Gasteiger partial charge in [0, 0.05) is 32.2 Å². The van der Waals surface area contributed by atoms with Crippen molar-refractivity contribution in [3.8, 4) is 0 Å². The van der Waals surface area contributed by atoms with Gasteiger partial charge in [-0.2, -0.15) is 0 Å². The second-order valence-corrected chi connectivity index (χ2v) is 6.89. The molecule has 0 aromatic rings. The van der Waals surface area contributed by atoms with Gasteiger partial charge in [-0.15, -0.1) is 24.2 Å². The molecule has 2 saturated heterocycles. The van der Waals surface area contributed by atoms with Crippen LogP contribution < -0.4 is 5.32 Å². The van der Waals surface area contributed by atoms with Gasteiger partial charge in [-0.25, -0.2) is 0 Å². The van der Waals surface area contributed by atoms with Crippen molar-refractivity contribution < 1.29 is 9.59 Å². The predicted octanol–water partition coefficient (Wildman–Crippen LogP) is 1.36. The van der Waals surface area contributed by atoms with Crippen LogP contribution in [-0.2, 0) is 9.59 Å². The maximum atomic E-state index is 12.2. The van der Waals surface area contributed by atoms with E-state index in [1.807, 2.05) is 16.8 Å². The van der Waals surface area contributed by atoms with Gasteiger partial charge in [0.2, 0.25) is 11.8 Å². The second-order valence-electron chi connectivity index (χ2n) is 5.90. The number of rotatable bonds is 5. The Morgan fingerprint density at radius 2 is 1.59 bits per heavy atom. The molecule has 1 unspecified atom stereocenters. The number of thioether (sulfide) groups is 1. The molecule has 22 heavy (non-hydrogen) atoms. The summed E-state index contributed by atoms with van der Waals surface area (Å²) in [5.41, 5.74) is 0. The molecule has 2 aliphatic heterocycles. The first kappa shape index (κ1) is 19.6. The number of hydrogen-bond donors (Lipinski definition) is 1. The number of amides is 2. The van der Waals surface area contributed by atoms with Gasteiger partial charge in [-0.05, 0) is 39.2 Å². The van der Waals surface area contributed by atoms with Crippen LogP contribution in [0.1, 0.15) is 32.1 Å². The quantitative estimate of drug-likeness (QED) is 0.814. The summed E-state index contributed by atoms with van der Waals surface area (Å²) in [5.74, 6) is 1.23. The average Bonchev–Trinajstić information content (AvgIpc) is 2.55. The van der Waals surface area contributed by atoms with E-state index in [-0.39, 0.29) is 24.2 Å². The molecular formula is C15H28ClN3O2S. The van der Waals surface area contributed by atoms with E-state index in [9.17, 15) is 9.59 Å². The Bertz CT molecular complexity index is 365. The van der Waals surface area contributed by atoms with Crippen LogP contribution in [0.5, 0.6) is 0 Å². The lowest BCUT2D eigenvalue weighted by Gasteiger charge is -2.32. The number of likely N-dealkylation sites (tertiary alicyclic amines) is 2. The van der Waals surface area contributed by atoms with Gasteiger partial charge in [0.1, 0.15) is 0 Å². The molecule has 2 amide bonds. The molecule has 2 heterocycles. The highest BCUT2D eigenvalue weighted by molar-refractivity contribution is 8.00. The molecule has 128 valence electrons. The highest BCUT2D eigenvalue weighted by Crippen LogP contribution is 2.14. The zero-order chi connectivity index (χ0) is 15.1. The first-order chi connectivity index (χ1) is 10.2. The molecular weight excluding hydrogens is 322 g/mol. The highest BCUT2D eigenvalue weighted by atomic mass is 35.5. The Morgan fingerprint density at radius 3 is 2.23 bits per heavy atom. The fourth-order valence-electron chi connectivity index (χ4n) is 2.99. The van der Waals surface area contributed by atoms with E-state index in [1.165, 1.54) is 18.2 Å². The zero-order valence-electron chi connectivity index (χ0n) is 13.4. The number of nitrogens with zero attached hydrogens (tertiary/aromatic N) is 2. The summed E-state index contributed by atoms with van der Waals surface area (Å²) in [5, 5.41) is 3.24. The third-order valence-corrected chi connectivity index (χ3v) is 5.24. The van der Waals surface area contributed by atoms with Crippen LogP contribution in [0.3, 0.4) is 0 Å². The van der Waals surface area contributed by atoms with Crippen molar-refractivity contribution in [2.24, 2.45) is 0 Å². The van der Waals surface area contributed by atoms with Gasteiger partial charge in [-0.3, -0.25) is 9.59 Å². The summed E-state index contributed by atoms with van der Waals surface area (Å²) in [6, 6.07) is 0.419. The topological polar surface area (TPSA) is 52.7 Å². The van der Waals surface area contributed by atoms with E-state index in [4.69, 9.17) is 0 Å². The normalized spacial score (nSPS) is 22.1. The Balaban J connectivity index is 0.00000242. The number of likely N-dealkylation sites (N-methyl/N-ethyl adjacent to an activating group) is 1. The van der Waals surface area contributed by atoms with E-state index in [0.717, 1.165) is 51.9 Å². The Hall–Kier alpha value is -0.460. The van der Waals surface area contributed by atoms with Crippen LogP contribution in [0.15, 0.2) is 0 Å². The molecule has 7 heteroatoms. The highest BCUT2D eigenvalue weighted by Gasteiger charge is 2.23. The van der Waals surface area contributed by atoms with Gasteiger partial charge in [-0.1, -0.05) is 0 Å². The van der Waals surface area contributed by atoms with Gasteiger partial charge in [0.05, 0.1) is 11.5 Å². The molecule has 0 spiro atoms. The van der Waals surface area contributed by atoms with Gasteiger partial charge in [0.15, 0.2) is 0 Å². The minimum atomic E-state index is 0. The number of hydrogen-bond acceptors (Lipinski definition) is 4. The first-order valence-electron chi connectivity index (χ1n) is 8.01. The maximum absolute atomic E-state index is 12.2. The van der Waals surface area contributed by atoms with Crippen molar-refractivity contribution in [3.05, 3.63) is 0 Å². The molecule has 0 aromatic carbocycles. The van der Waals surface area contributed by atoms with Crippen molar-refractivity contribution in [1.82, 2.24) is 15.1 Å². The fraction of sp³-hybridized carbons (Fsp3) is 0.867. The third kappa shape index (κ3) is 5.97. The number of piperidine rings is 2. The summed E-state index contributed by atoms with van der Waals surface area (Å²) in [7, 11) is 1.95. The molecule has 5 nitrogen and oxygen atoms in total. The van der Waals surface area contributed by atoms with E-state index in [2.05, 4.69) is 5.32 Å². The number of carbonyl (C=O) groups is 2. The van der Waals surface area contributed by atoms with E-state index >= 15 is 0 Å².